The molecule has 1 rings (SSSR count). The summed E-state index contributed by atoms with van der Waals surface area (Å²) in [5, 5.41) is 0. The molecule has 0 spiro atoms. The van der Waals surface area contributed by atoms with Gasteiger partial charge in [-0.05, 0) is 31.7 Å². The Morgan fingerprint density at radius 3 is 2.60 bits per heavy atom. The maximum atomic E-state index is 10.1. The van der Waals surface area contributed by atoms with Crippen LogP contribution in [0.4, 0.5) is 0 Å². The lowest BCUT2D eigenvalue weighted by Gasteiger charge is -2.01. The Morgan fingerprint density at radius 1 is 1.20 bits per heavy atom. The van der Waals surface area contributed by atoms with Crippen LogP contribution in [0.25, 0.3) is 0 Å². The standard InChI is InChI=1S/C14H18O/c1-13(7-5-6-12-15)10-11-14-8-3-2-4-9-14/h2-4,7-9,12H,5-6,10-11H2,1H3/b13-7+. The van der Waals surface area contributed by atoms with Crippen molar-refractivity contribution in [3.05, 3.63) is 47.5 Å². The highest BCUT2D eigenvalue weighted by atomic mass is 16.1. The van der Waals surface area contributed by atoms with Crippen molar-refractivity contribution in [3.8, 4) is 0 Å². The molecule has 80 valence electrons. The molecule has 0 saturated heterocycles. The lowest BCUT2D eigenvalue weighted by atomic mass is 10.0. The van der Waals surface area contributed by atoms with E-state index in [0.717, 1.165) is 25.5 Å². The molecule has 15 heavy (non-hydrogen) atoms. The summed E-state index contributed by atoms with van der Waals surface area (Å²) >= 11 is 0. The number of unbranched alkanes of at least 4 members (excludes halogenated alkanes) is 1. The first-order valence-corrected chi connectivity index (χ1v) is 5.46. The zero-order chi connectivity index (χ0) is 10.9. The van der Waals surface area contributed by atoms with Crippen LogP contribution in [-0.4, -0.2) is 6.29 Å². The van der Waals surface area contributed by atoms with Crippen molar-refractivity contribution in [2.75, 3.05) is 0 Å². The normalized spacial score (nSPS) is 11.4. The third kappa shape index (κ3) is 5.16. The minimum Gasteiger partial charge on any atom is -0.303 e. The summed E-state index contributed by atoms with van der Waals surface area (Å²) in [5.41, 5.74) is 2.75. The quantitative estimate of drug-likeness (QED) is 0.392. The molecule has 1 aromatic rings. The fourth-order valence-electron chi connectivity index (χ4n) is 1.49. The van der Waals surface area contributed by atoms with Crippen LogP contribution in [0.15, 0.2) is 42.0 Å². The van der Waals surface area contributed by atoms with E-state index < -0.39 is 0 Å². The second-order valence-corrected chi connectivity index (χ2v) is 3.78. The molecule has 0 unspecified atom stereocenters. The van der Waals surface area contributed by atoms with Crippen LogP contribution in [-0.2, 0) is 11.2 Å². The van der Waals surface area contributed by atoms with Gasteiger partial charge in [-0.3, -0.25) is 0 Å². The van der Waals surface area contributed by atoms with Gasteiger partial charge in [0, 0.05) is 6.42 Å². The number of hydrogen-bond acceptors (Lipinski definition) is 1. The molecule has 0 fully saturated rings. The van der Waals surface area contributed by atoms with Gasteiger partial charge in [0.05, 0.1) is 0 Å². The van der Waals surface area contributed by atoms with Crippen molar-refractivity contribution in [1.29, 1.82) is 0 Å². The molecule has 0 saturated carbocycles. The maximum absolute atomic E-state index is 10.1. The fourth-order valence-corrected chi connectivity index (χ4v) is 1.49. The highest BCUT2D eigenvalue weighted by molar-refractivity contribution is 5.49. The summed E-state index contributed by atoms with van der Waals surface area (Å²) in [6.07, 6.45) is 6.83. The summed E-state index contributed by atoms with van der Waals surface area (Å²) in [6.45, 7) is 2.13. The van der Waals surface area contributed by atoms with E-state index in [0.29, 0.717) is 6.42 Å². The Hall–Kier alpha value is -1.37. The number of rotatable bonds is 6. The van der Waals surface area contributed by atoms with Crippen molar-refractivity contribution in [2.24, 2.45) is 0 Å². The lowest BCUT2D eigenvalue weighted by molar-refractivity contribution is -0.107. The summed E-state index contributed by atoms with van der Waals surface area (Å²) in [4.78, 5) is 10.1. The largest absolute Gasteiger partial charge is 0.303 e. The third-order valence-corrected chi connectivity index (χ3v) is 2.43. The summed E-state index contributed by atoms with van der Waals surface area (Å²) in [5.74, 6) is 0. The first-order chi connectivity index (χ1) is 7.33. The molecular formula is C14H18O. The Balaban J connectivity index is 2.30. The van der Waals surface area contributed by atoms with E-state index in [1.807, 2.05) is 6.07 Å². The first kappa shape index (κ1) is 11.7. The predicted octanol–water partition coefficient (Wildman–Crippen LogP) is 3.54. The monoisotopic (exact) mass is 202 g/mol. The number of aldehydes is 1. The summed E-state index contributed by atoms with van der Waals surface area (Å²) in [6, 6.07) is 10.5. The van der Waals surface area contributed by atoms with Crippen LogP contribution in [0, 0.1) is 0 Å². The molecule has 0 atom stereocenters. The van der Waals surface area contributed by atoms with Gasteiger partial charge in [-0.15, -0.1) is 0 Å². The van der Waals surface area contributed by atoms with Gasteiger partial charge in [0.2, 0.25) is 0 Å². The second-order valence-electron chi connectivity index (χ2n) is 3.78. The highest BCUT2D eigenvalue weighted by Gasteiger charge is 1.93. The topological polar surface area (TPSA) is 17.1 Å². The average Bonchev–Trinajstić information content (AvgIpc) is 2.28. The molecule has 1 aromatic carbocycles. The van der Waals surface area contributed by atoms with Crippen LogP contribution in [0.2, 0.25) is 0 Å². The predicted molar refractivity (Wildman–Crippen MR) is 63.8 cm³/mol. The Labute approximate surface area is 91.8 Å². The number of carbonyl (C=O) groups is 1. The van der Waals surface area contributed by atoms with E-state index in [4.69, 9.17) is 0 Å². The van der Waals surface area contributed by atoms with Crippen LogP contribution in [0.1, 0.15) is 31.7 Å². The molecule has 1 nitrogen and oxygen atoms in total. The van der Waals surface area contributed by atoms with Gasteiger partial charge in [-0.25, -0.2) is 0 Å². The van der Waals surface area contributed by atoms with Crippen LogP contribution in [0.3, 0.4) is 0 Å². The van der Waals surface area contributed by atoms with Gasteiger partial charge in [-0.2, -0.15) is 0 Å². The van der Waals surface area contributed by atoms with Gasteiger partial charge >= 0.3 is 0 Å². The van der Waals surface area contributed by atoms with Crippen LogP contribution < -0.4 is 0 Å². The maximum Gasteiger partial charge on any atom is 0.120 e. The Kier molecular flexibility index (Phi) is 5.46. The number of carbonyl (C=O) groups excluding carboxylic acids is 1. The van der Waals surface area contributed by atoms with E-state index in [1.165, 1.54) is 11.1 Å². The van der Waals surface area contributed by atoms with E-state index >= 15 is 0 Å². The van der Waals surface area contributed by atoms with Gasteiger partial charge in [0.25, 0.3) is 0 Å². The lowest BCUT2D eigenvalue weighted by Crippen LogP contribution is -1.86. The van der Waals surface area contributed by atoms with Crippen molar-refractivity contribution < 1.29 is 4.79 Å². The smallest absolute Gasteiger partial charge is 0.120 e. The first-order valence-electron chi connectivity index (χ1n) is 5.46. The zero-order valence-electron chi connectivity index (χ0n) is 9.28. The Morgan fingerprint density at radius 2 is 1.93 bits per heavy atom. The Bertz CT molecular complexity index is 311. The highest BCUT2D eigenvalue weighted by Crippen LogP contribution is 2.09. The van der Waals surface area contributed by atoms with Crippen molar-refractivity contribution >= 4 is 6.29 Å². The third-order valence-electron chi connectivity index (χ3n) is 2.43. The molecule has 0 amide bonds. The molecule has 0 aliphatic rings. The van der Waals surface area contributed by atoms with Crippen molar-refractivity contribution in [2.45, 2.75) is 32.6 Å². The molecule has 1 heteroatoms. The van der Waals surface area contributed by atoms with Crippen molar-refractivity contribution in [1.82, 2.24) is 0 Å². The minimum absolute atomic E-state index is 0.642. The number of benzene rings is 1. The SMILES string of the molecule is C/C(=C\CCC=O)CCc1ccccc1. The van der Waals surface area contributed by atoms with Gasteiger partial charge < -0.3 is 4.79 Å². The average molecular weight is 202 g/mol. The number of hydrogen-bond donors (Lipinski definition) is 0. The number of aryl methyl sites for hydroxylation is 1. The minimum atomic E-state index is 0.642. The molecule has 0 radical (unpaired) electrons. The van der Waals surface area contributed by atoms with E-state index in [-0.39, 0.29) is 0 Å². The molecular weight excluding hydrogens is 184 g/mol. The van der Waals surface area contributed by atoms with E-state index in [2.05, 4.69) is 37.3 Å². The van der Waals surface area contributed by atoms with Gasteiger partial charge in [-0.1, -0.05) is 42.0 Å². The van der Waals surface area contributed by atoms with E-state index in [1.54, 1.807) is 0 Å². The molecule has 0 aromatic heterocycles. The molecule has 0 aliphatic carbocycles. The zero-order valence-corrected chi connectivity index (χ0v) is 9.28. The van der Waals surface area contributed by atoms with Crippen molar-refractivity contribution in [3.63, 3.8) is 0 Å². The molecule has 0 heterocycles. The van der Waals surface area contributed by atoms with E-state index in [9.17, 15) is 4.79 Å². The second kappa shape index (κ2) is 6.99. The number of allylic oxidation sites excluding steroid dienone is 2. The molecule has 0 bridgehead atoms. The molecule has 0 aliphatic heterocycles. The summed E-state index contributed by atoms with van der Waals surface area (Å²) in [7, 11) is 0. The van der Waals surface area contributed by atoms with Gasteiger partial charge in [0.15, 0.2) is 0 Å². The van der Waals surface area contributed by atoms with Crippen LogP contribution >= 0.6 is 0 Å². The molecule has 0 N–H and O–H groups in total. The fraction of sp³-hybridized carbons (Fsp3) is 0.357. The summed E-state index contributed by atoms with van der Waals surface area (Å²) < 4.78 is 0. The van der Waals surface area contributed by atoms with Gasteiger partial charge in [0.1, 0.15) is 6.29 Å². The van der Waals surface area contributed by atoms with Crippen LogP contribution in [0.5, 0.6) is 0 Å².